The number of rotatable bonds is 9. The topological polar surface area (TPSA) is 55.4 Å². The van der Waals surface area contributed by atoms with Gasteiger partial charge in [-0.2, -0.15) is 0 Å². The van der Waals surface area contributed by atoms with Gasteiger partial charge in [-0.25, -0.2) is 4.39 Å². The molecule has 1 N–H and O–H groups in total. The number of hydrogen-bond donors (Lipinski definition) is 1. The molecule has 4 nitrogen and oxygen atoms in total. The number of esters is 1. The van der Waals surface area contributed by atoms with Gasteiger partial charge < -0.3 is 10.1 Å². The van der Waals surface area contributed by atoms with E-state index in [9.17, 15) is 14.0 Å². The van der Waals surface area contributed by atoms with Crippen molar-refractivity contribution in [1.29, 1.82) is 0 Å². The largest absolute Gasteiger partial charge is 0.462 e. The Hall–Kier alpha value is -1.08. The third kappa shape index (κ3) is 6.91. The van der Waals surface area contributed by atoms with E-state index in [1.165, 1.54) is 17.8 Å². The molecule has 0 bridgehead atoms. The van der Waals surface area contributed by atoms with E-state index in [-0.39, 0.29) is 29.6 Å². The fourth-order valence-corrected chi connectivity index (χ4v) is 3.75. The second kappa shape index (κ2) is 10.9. The van der Waals surface area contributed by atoms with Crippen molar-refractivity contribution in [3.8, 4) is 0 Å². The zero-order valence-electron chi connectivity index (χ0n) is 15.9. The molecule has 1 aromatic carbocycles. The lowest BCUT2D eigenvalue weighted by molar-refractivity contribution is -0.148. The number of halogens is 2. The minimum Gasteiger partial charge on any atom is -0.462 e. The lowest BCUT2D eigenvalue weighted by Crippen LogP contribution is -2.28. The van der Waals surface area contributed by atoms with Gasteiger partial charge >= 0.3 is 5.97 Å². The fraction of sp³-hybridized carbons (Fsp3) is 0.579. The van der Waals surface area contributed by atoms with Crippen LogP contribution in [0.5, 0.6) is 0 Å². The van der Waals surface area contributed by atoms with Crippen molar-refractivity contribution in [3.63, 3.8) is 0 Å². The second-order valence-corrected chi connectivity index (χ2v) is 8.54. The molecule has 2 unspecified atom stereocenters. The molecule has 0 saturated heterocycles. The standard InChI is InChI=1S/C19H27BrFNO3S/c1-6-8-17(23)22-15-10-16(13(20)9-14(15)21)26-18(11(3)4)19(24)25-12(5)7-2/h9-12,18H,6-8H2,1-5H3,(H,22,23). The van der Waals surface area contributed by atoms with Crippen molar-refractivity contribution in [2.75, 3.05) is 5.32 Å². The zero-order chi connectivity index (χ0) is 19.9. The average Bonchev–Trinajstić information content (AvgIpc) is 2.55. The average molecular weight is 448 g/mol. The van der Waals surface area contributed by atoms with E-state index in [1.54, 1.807) is 6.07 Å². The third-order valence-electron chi connectivity index (χ3n) is 3.76. The van der Waals surface area contributed by atoms with E-state index < -0.39 is 11.1 Å². The third-order valence-corrected chi connectivity index (χ3v) is 6.26. The van der Waals surface area contributed by atoms with E-state index in [0.29, 0.717) is 22.2 Å². The fourth-order valence-electron chi connectivity index (χ4n) is 2.10. The maximum absolute atomic E-state index is 14.2. The molecule has 0 aliphatic heterocycles. The Kier molecular flexibility index (Phi) is 9.64. The SMILES string of the molecule is CCCC(=O)Nc1cc(SC(C(=O)OC(C)CC)C(C)C)c(Br)cc1F. The number of thioether (sulfide) groups is 1. The van der Waals surface area contributed by atoms with E-state index in [0.717, 1.165) is 6.42 Å². The number of anilines is 1. The monoisotopic (exact) mass is 447 g/mol. The quantitative estimate of drug-likeness (QED) is 0.384. The first-order valence-electron chi connectivity index (χ1n) is 8.85. The molecular formula is C19H27BrFNO3S. The zero-order valence-corrected chi connectivity index (χ0v) is 18.3. The Bertz CT molecular complexity index is 639. The van der Waals surface area contributed by atoms with Gasteiger partial charge in [0.15, 0.2) is 0 Å². The molecule has 7 heteroatoms. The first-order chi connectivity index (χ1) is 12.2. The predicted molar refractivity (Wildman–Crippen MR) is 108 cm³/mol. The van der Waals surface area contributed by atoms with Gasteiger partial charge in [-0.05, 0) is 53.7 Å². The van der Waals surface area contributed by atoms with Crippen LogP contribution in [0, 0.1) is 11.7 Å². The summed E-state index contributed by atoms with van der Waals surface area (Å²) in [5.74, 6) is -1.01. The summed E-state index contributed by atoms with van der Waals surface area (Å²) < 4.78 is 20.2. The first-order valence-corrected chi connectivity index (χ1v) is 10.5. The highest BCUT2D eigenvalue weighted by Crippen LogP contribution is 2.37. The molecule has 0 aliphatic carbocycles. The molecule has 0 heterocycles. The first kappa shape index (κ1) is 23.0. The number of hydrogen-bond acceptors (Lipinski definition) is 4. The van der Waals surface area contributed by atoms with Gasteiger partial charge in [0, 0.05) is 15.8 Å². The van der Waals surface area contributed by atoms with Gasteiger partial charge in [0.1, 0.15) is 11.1 Å². The van der Waals surface area contributed by atoms with Crippen molar-refractivity contribution in [3.05, 3.63) is 22.4 Å². The van der Waals surface area contributed by atoms with Crippen LogP contribution in [0.25, 0.3) is 0 Å². The summed E-state index contributed by atoms with van der Waals surface area (Å²) in [7, 11) is 0. The van der Waals surface area contributed by atoms with Crippen molar-refractivity contribution >= 4 is 45.3 Å². The molecule has 146 valence electrons. The van der Waals surface area contributed by atoms with E-state index in [4.69, 9.17) is 4.74 Å². The van der Waals surface area contributed by atoms with Crippen LogP contribution in [0.4, 0.5) is 10.1 Å². The number of nitrogens with one attached hydrogen (secondary N) is 1. The Balaban J connectivity index is 3.04. The smallest absolute Gasteiger partial charge is 0.319 e. The Morgan fingerprint density at radius 1 is 1.27 bits per heavy atom. The number of benzene rings is 1. The van der Waals surface area contributed by atoms with Gasteiger partial charge in [0.25, 0.3) is 0 Å². The number of ether oxygens (including phenoxy) is 1. The maximum Gasteiger partial charge on any atom is 0.319 e. The van der Waals surface area contributed by atoms with Crippen LogP contribution in [0.15, 0.2) is 21.5 Å². The molecule has 1 rings (SSSR count). The highest BCUT2D eigenvalue weighted by Gasteiger charge is 2.27. The van der Waals surface area contributed by atoms with Crippen molar-refractivity contribution in [2.45, 2.75) is 70.1 Å². The van der Waals surface area contributed by atoms with E-state index in [2.05, 4.69) is 21.2 Å². The molecular weight excluding hydrogens is 421 g/mol. The summed E-state index contributed by atoms with van der Waals surface area (Å²) in [5, 5.41) is 2.16. The summed E-state index contributed by atoms with van der Waals surface area (Å²) >= 11 is 4.65. The maximum atomic E-state index is 14.2. The summed E-state index contributed by atoms with van der Waals surface area (Å²) in [6.45, 7) is 9.58. The lowest BCUT2D eigenvalue weighted by Gasteiger charge is -2.22. The van der Waals surface area contributed by atoms with Crippen LogP contribution in [-0.2, 0) is 14.3 Å². The summed E-state index contributed by atoms with van der Waals surface area (Å²) in [4.78, 5) is 24.9. The molecule has 2 atom stereocenters. The number of amides is 1. The van der Waals surface area contributed by atoms with Crippen LogP contribution < -0.4 is 5.32 Å². The molecule has 0 aromatic heterocycles. The van der Waals surface area contributed by atoms with Crippen molar-refractivity contribution in [1.82, 2.24) is 0 Å². The van der Waals surface area contributed by atoms with Crippen LogP contribution in [-0.4, -0.2) is 23.2 Å². The molecule has 0 aliphatic rings. The normalized spacial score (nSPS) is 13.4. The molecule has 1 amide bonds. The van der Waals surface area contributed by atoms with Crippen LogP contribution in [0.3, 0.4) is 0 Å². The Morgan fingerprint density at radius 2 is 1.92 bits per heavy atom. The Labute approximate surface area is 167 Å². The van der Waals surface area contributed by atoms with Crippen LogP contribution >= 0.6 is 27.7 Å². The van der Waals surface area contributed by atoms with Gasteiger partial charge in [0.05, 0.1) is 11.8 Å². The summed E-state index contributed by atoms with van der Waals surface area (Å²) in [5.41, 5.74) is 0.118. The molecule has 26 heavy (non-hydrogen) atoms. The van der Waals surface area contributed by atoms with Crippen LogP contribution in [0.2, 0.25) is 0 Å². The molecule has 0 saturated carbocycles. The van der Waals surface area contributed by atoms with Gasteiger partial charge in [-0.15, -0.1) is 11.8 Å². The van der Waals surface area contributed by atoms with E-state index in [1.807, 2.05) is 34.6 Å². The number of carbonyl (C=O) groups excluding carboxylic acids is 2. The van der Waals surface area contributed by atoms with Gasteiger partial charge in [0.2, 0.25) is 5.91 Å². The lowest BCUT2D eigenvalue weighted by atomic mass is 10.1. The van der Waals surface area contributed by atoms with E-state index >= 15 is 0 Å². The number of carbonyl (C=O) groups is 2. The Morgan fingerprint density at radius 3 is 2.46 bits per heavy atom. The predicted octanol–water partition coefficient (Wildman–Crippen LogP) is 5.79. The summed E-state index contributed by atoms with van der Waals surface area (Å²) in [6.07, 6.45) is 1.61. The highest BCUT2D eigenvalue weighted by atomic mass is 79.9. The highest BCUT2D eigenvalue weighted by molar-refractivity contribution is 9.10. The molecule has 1 aromatic rings. The van der Waals surface area contributed by atoms with Crippen molar-refractivity contribution < 1.29 is 18.7 Å². The molecule has 0 radical (unpaired) electrons. The molecule has 0 spiro atoms. The second-order valence-electron chi connectivity index (χ2n) is 6.50. The van der Waals surface area contributed by atoms with Crippen LogP contribution in [0.1, 0.15) is 53.9 Å². The molecule has 0 fully saturated rings. The van der Waals surface area contributed by atoms with Crippen molar-refractivity contribution in [2.24, 2.45) is 5.92 Å². The van der Waals surface area contributed by atoms with Gasteiger partial charge in [-0.1, -0.05) is 27.7 Å². The minimum atomic E-state index is -0.519. The summed E-state index contributed by atoms with van der Waals surface area (Å²) in [6, 6.07) is 2.87. The van der Waals surface area contributed by atoms with Gasteiger partial charge in [-0.3, -0.25) is 9.59 Å². The minimum absolute atomic E-state index is 0.0339.